The maximum atomic E-state index is 11.6. The number of aliphatic hydroxyl groups is 1. The fourth-order valence-electron chi connectivity index (χ4n) is 1.34. The first-order valence-corrected chi connectivity index (χ1v) is 8.80. The first-order chi connectivity index (χ1) is 8.45. The van der Waals surface area contributed by atoms with Gasteiger partial charge in [-0.15, -0.1) is 0 Å². The molecule has 0 saturated heterocycles. The lowest BCUT2D eigenvalue weighted by Crippen LogP contribution is -2.19. The molecule has 0 radical (unpaired) electrons. The molecule has 102 valence electrons. The van der Waals surface area contributed by atoms with Crippen molar-refractivity contribution in [3.05, 3.63) is 35.4 Å². The molecule has 0 atom stereocenters. The molecular weight excluding hydrogens is 268 g/mol. The van der Waals surface area contributed by atoms with E-state index >= 15 is 0 Å². The Morgan fingerprint density at radius 1 is 1.17 bits per heavy atom. The minimum atomic E-state index is -2.92. The van der Waals surface area contributed by atoms with E-state index in [9.17, 15) is 8.42 Å². The predicted molar refractivity (Wildman–Crippen MR) is 77.4 cm³/mol. The van der Waals surface area contributed by atoms with E-state index in [1.807, 2.05) is 24.3 Å². The van der Waals surface area contributed by atoms with Gasteiger partial charge in [-0.05, 0) is 25.0 Å². The molecule has 0 amide bonds. The van der Waals surface area contributed by atoms with Crippen LogP contribution < -0.4 is 0 Å². The molecule has 18 heavy (non-hydrogen) atoms. The number of hydrogen-bond acceptors (Lipinski definition) is 4. The van der Waals surface area contributed by atoms with Crippen molar-refractivity contribution in [2.45, 2.75) is 31.5 Å². The fourth-order valence-corrected chi connectivity index (χ4v) is 3.79. The number of hydrogen-bond donors (Lipinski definition) is 1. The number of rotatable bonds is 7. The van der Waals surface area contributed by atoms with E-state index in [0.29, 0.717) is 5.75 Å². The topological polar surface area (TPSA) is 54.4 Å². The molecule has 0 aliphatic heterocycles. The average molecular weight is 288 g/mol. The van der Waals surface area contributed by atoms with Crippen LogP contribution in [0.4, 0.5) is 0 Å². The highest BCUT2D eigenvalue weighted by Gasteiger charge is 2.15. The molecule has 0 bridgehead atoms. The first kappa shape index (κ1) is 15.5. The van der Waals surface area contributed by atoms with Crippen LogP contribution in [0.3, 0.4) is 0 Å². The molecule has 1 rings (SSSR count). The molecule has 0 aliphatic rings. The van der Waals surface area contributed by atoms with Gasteiger partial charge in [-0.2, -0.15) is 11.8 Å². The van der Waals surface area contributed by atoms with Gasteiger partial charge in [-0.1, -0.05) is 24.3 Å². The lowest BCUT2D eigenvalue weighted by Gasteiger charge is -2.07. The van der Waals surface area contributed by atoms with E-state index in [-0.39, 0.29) is 17.6 Å². The van der Waals surface area contributed by atoms with Gasteiger partial charge in [0.05, 0.1) is 17.6 Å². The van der Waals surface area contributed by atoms with Crippen LogP contribution >= 0.6 is 11.8 Å². The van der Waals surface area contributed by atoms with E-state index in [1.165, 1.54) is 0 Å². The van der Waals surface area contributed by atoms with Crippen LogP contribution in [0.1, 0.15) is 25.0 Å². The Morgan fingerprint density at radius 2 is 1.72 bits per heavy atom. The van der Waals surface area contributed by atoms with E-state index in [4.69, 9.17) is 5.11 Å². The molecular formula is C13H20O3S2. The Bertz CT molecular complexity index is 450. The molecule has 0 spiro atoms. The molecule has 3 nitrogen and oxygen atoms in total. The Morgan fingerprint density at radius 3 is 2.22 bits per heavy atom. The van der Waals surface area contributed by atoms with Crippen LogP contribution in [-0.4, -0.2) is 30.3 Å². The predicted octanol–water partition coefficient (Wildman–Crippen LogP) is 2.24. The van der Waals surface area contributed by atoms with Crippen molar-refractivity contribution in [1.29, 1.82) is 0 Å². The standard InChI is InChI=1S/C13H20O3S2/c1-11(2)18(15,16)8-7-17-10-13-5-3-12(9-14)4-6-13/h3-6,11,14H,7-10H2,1-2H3. The molecule has 5 heteroatoms. The molecule has 0 unspecified atom stereocenters. The number of aliphatic hydroxyl groups excluding tert-OH is 1. The fraction of sp³-hybridized carbons (Fsp3) is 0.538. The third-order valence-corrected chi connectivity index (χ3v) is 6.20. The minimum absolute atomic E-state index is 0.0556. The van der Waals surface area contributed by atoms with Gasteiger partial charge in [0.15, 0.2) is 9.84 Å². The second-order valence-corrected chi connectivity index (χ2v) is 8.22. The summed E-state index contributed by atoms with van der Waals surface area (Å²) in [6.45, 7) is 3.49. The highest BCUT2D eigenvalue weighted by molar-refractivity contribution is 8.00. The van der Waals surface area contributed by atoms with Crippen molar-refractivity contribution in [2.75, 3.05) is 11.5 Å². The molecule has 0 heterocycles. The largest absolute Gasteiger partial charge is 0.392 e. The van der Waals surface area contributed by atoms with Crippen LogP contribution in [0.15, 0.2) is 24.3 Å². The highest BCUT2D eigenvalue weighted by Crippen LogP contribution is 2.14. The molecule has 1 N–H and O–H groups in total. The third kappa shape index (κ3) is 5.00. The van der Waals surface area contributed by atoms with Crippen molar-refractivity contribution in [2.24, 2.45) is 0 Å². The van der Waals surface area contributed by atoms with Crippen molar-refractivity contribution >= 4 is 21.6 Å². The van der Waals surface area contributed by atoms with E-state index < -0.39 is 9.84 Å². The summed E-state index contributed by atoms with van der Waals surface area (Å²) in [5, 5.41) is 8.62. The molecule has 0 aromatic heterocycles. The van der Waals surface area contributed by atoms with Crippen molar-refractivity contribution in [3.8, 4) is 0 Å². The smallest absolute Gasteiger partial charge is 0.153 e. The summed E-state index contributed by atoms with van der Waals surface area (Å²) in [6, 6.07) is 7.71. The Hall–Kier alpha value is -0.520. The van der Waals surface area contributed by atoms with Gasteiger partial charge in [0, 0.05) is 11.5 Å². The van der Waals surface area contributed by atoms with Gasteiger partial charge < -0.3 is 5.11 Å². The second kappa shape index (κ2) is 7.16. The minimum Gasteiger partial charge on any atom is -0.392 e. The van der Waals surface area contributed by atoms with Gasteiger partial charge >= 0.3 is 0 Å². The van der Waals surface area contributed by atoms with Gasteiger partial charge in [0.1, 0.15) is 0 Å². The monoisotopic (exact) mass is 288 g/mol. The zero-order chi connectivity index (χ0) is 13.6. The summed E-state index contributed by atoms with van der Waals surface area (Å²) in [4.78, 5) is 0. The van der Waals surface area contributed by atoms with E-state index in [1.54, 1.807) is 25.6 Å². The van der Waals surface area contributed by atoms with Crippen LogP contribution in [0.25, 0.3) is 0 Å². The molecule has 1 aromatic rings. The second-order valence-electron chi connectivity index (χ2n) is 4.44. The summed E-state index contributed by atoms with van der Waals surface area (Å²) < 4.78 is 23.2. The summed E-state index contributed by atoms with van der Waals surface area (Å²) in [6.07, 6.45) is 0. The number of sulfone groups is 1. The Labute approximate surface area is 114 Å². The van der Waals surface area contributed by atoms with Crippen LogP contribution in [0, 0.1) is 0 Å². The van der Waals surface area contributed by atoms with Crippen molar-refractivity contribution in [3.63, 3.8) is 0 Å². The summed E-state index contributed by atoms with van der Waals surface area (Å²) in [5.41, 5.74) is 2.05. The van der Waals surface area contributed by atoms with Crippen LogP contribution in [-0.2, 0) is 22.2 Å². The average Bonchev–Trinajstić information content (AvgIpc) is 2.35. The summed E-state index contributed by atoms with van der Waals surface area (Å²) in [5.74, 6) is 1.67. The van der Waals surface area contributed by atoms with E-state index in [0.717, 1.165) is 16.9 Å². The molecule has 1 aromatic carbocycles. The Balaban J connectivity index is 2.34. The van der Waals surface area contributed by atoms with Gasteiger partial charge in [-0.25, -0.2) is 8.42 Å². The lowest BCUT2D eigenvalue weighted by atomic mass is 10.2. The highest BCUT2D eigenvalue weighted by atomic mass is 32.2. The van der Waals surface area contributed by atoms with E-state index in [2.05, 4.69) is 0 Å². The lowest BCUT2D eigenvalue weighted by molar-refractivity contribution is 0.282. The zero-order valence-electron chi connectivity index (χ0n) is 10.8. The maximum absolute atomic E-state index is 11.6. The van der Waals surface area contributed by atoms with Crippen LogP contribution in [0.5, 0.6) is 0 Å². The molecule has 0 fully saturated rings. The number of benzene rings is 1. The van der Waals surface area contributed by atoms with Gasteiger partial charge in [0.25, 0.3) is 0 Å². The molecule has 0 saturated carbocycles. The maximum Gasteiger partial charge on any atom is 0.153 e. The van der Waals surface area contributed by atoms with Gasteiger partial charge in [0.2, 0.25) is 0 Å². The third-order valence-electron chi connectivity index (χ3n) is 2.70. The quantitative estimate of drug-likeness (QED) is 0.782. The summed E-state index contributed by atoms with van der Waals surface area (Å²) >= 11 is 1.62. The first-order valence-electron chi connectivity index (χ1n) is 5.93. The zero-order valence-corrected chi connectivity index (χ0v) is 12.4. The SMILES string of the molecule is CC(C)S(=O)(=O)CCSCc1ccc(CO)cc1. The number of thioether (sulfide) groups is 1. The normalized spacial score (nSPS) is 12.0. The van der Waals surface area contributed by atoms with Crippen molar-refractivity contribution < 1.29 is 13.5 Å². The van der Waals surface area contributed by atoms with Crippen molar-refractivity contribution in [1.82, 2.24) is 0 Å². The van der Waals surface area contributed by atoms with Gasteiger partial charge in [-0.3, -0.25) is 0 Å². The Kier molecular flexibility index (Phi) is 6.18. The van der Waals surface area contributed by atoms with Crippen LogP contribution in [0.2, 0.25) is 0 Å². The summed E-state index contributed by atoms with van der Waals surface area (Å²) in [7, 11) is -2.92. The molecule has 0 aliphatic carbocycles.